The maximum atomic E-state index is 12.7. The van der Waals surface area contributed by atoms with E-state index in [0.717, 1.165) is 25.7 Å². The minimum atomic E-state index is -1.38. The summed E-state index contributed by atoms with van der Waals surface area (Å²) < 4.78 is 11.4. The van der Waals surface area contributed by atoms with E-state index in [1.165, 1.54) is 6.08 Å². The molecule has 0 radical (unpaired) electrons. The minimum absolute atomic E-state index is 0.0622. The molecule has 2 saturated carbocycles. The summed E-state index contributed by atoms with van der Waals surface area (Å²) in [6.07, 6.45) is 6.72. The largest absolute Gasteiger partial charge is 0.481 e. The number of allylic oxidation sites excluding steroid dienone is 1. The molecule has 176 valence electrons. The number of carboxylic acids is 1. The van der Waals surface area contributed by atoms with E-state index < -0.39 is 34.6 Å². The number of benzene rings is 2. The highest BCUT2D eigenvalue weighted by Gasteiger charge is 2.78. The van der Waals surface area contributed by atoms with Crippen LogP contribution in [-0.2, 0) is 14.3 Å². The van der Waals surface area contributed by atoms with Crippen LogP contribution >= 0.6 is 0 Å². The van der Waals surface area contributed by atoms with E-state index >= 15 is 0 Å². The molecule has 2 fully saturated rings. The molecule has 1 N–H and O–H groups in total. The van der Waals surface area contributed by atoms with Gasteiger partial charge in [0.2, 0.25) is 0 Å². The van der Waals surface area contributed by atoms with Crippen LogP contribution in [0.15, 0.2) is 66.7 Å². The standard InChI is InChI=1S/C28H29NO5/c1-27(2)24(15-16-25(30)34-21-12-6-7-13-21)28(27,26(31)32)23(18-29)19-9-8-14-22(17-19)33-20-10-4-3-5-11-20/h3-5,8-11,14-17,21,23-24H,6-7,12-13H2,1-2H3,(H,31,32)/b16-15-/t23-,24-,28+/m0/s1. The smallest absolute Gasteiger partial charge is 0.330 e. The van der Waals surface area contributed by atoms with Crippen LogP contribution in [0.5, 0.6) is 11.5 Å². The van der Waals surface area contributed by atoms with Gasteiger partial charge in [-0.15, -0.1) is 0 Å². The maximum absolute atomic E-state index is 12.7. The van der Waals surface area contributed by atoms with Gasteiger partial charge in [-0.25, -0.2) is 4.79 Å². The monoisotopic (exact) mass is 459 g/mol. The number of hydrogen-bond donors (Lipinski definition) is 1. The van der Waals surface area contributed by atoms with Crippen LogP contribution in [0.3, 0.4) is 0 Å². The van der Waals surface area contributed by atoms with Crippen molar-refractivity contribution in [2.45, 2.75) is 51.6 Å². The Morgan fingerprint density at radius 3 is 2.41 bits per heavy atom. The van der Waals surface area contributed by atoms with Crippen LogP contribution in [-0.4, -0.2) is 23.1 Å². The Kier molecular flexibility index (Phi) is 6.47. The first-order valence-corrected chi connectivity index (χ1v) is 11.7. The summed E-state index contributed by atoms with van der Waals surface area (Å²) in [6.45, 7) is 3.65. The molecule has 0 saturated heterocycles. The maximum Gasteiger partial charge on any atom is 0.330 e. The van der Waals surface area contributed by atoms with Crippen molar-refractivity contribution in [3.63, 3.8) is 0 Å². The number of rotatable bonds is 8. The van der Waals surface area contributed by atoms with E-state index in [1.807, 2.05) is 44.2 Å². The molecule has 0 aliphatic heterocycles. The van der Waals surface area contributed by atoms with Crippen LogP contribution < -0.4 is 4.74 Å². The van der Waals surface area contributed by atoms with E-state index in [-0.39, 0.29) is 6.10 Å². The molecule has 2 aromatic carbocycles. The molecule has 0 aromatic heterocycles. The summed E-state index contributed by atoms with van der Waals surface area (Å²) in [4.78, 5) is 25.0. The number of para-hydroxylation sites is 1. The van der Waals surface area contributed by atoms with Crippen molar-refractivity contribution in [3.05, 3.63) is 72.3 Å². The summed E-state index contributed by atoms with van der Waals surface area (Å²) in [6, 6.07) is 18.5. The lowest BCUT2D eigenvalue weighted by Gasteiger charge is -2.22. The van der Waals surface area contributed by atoms with Crippen molar-refractivity contribution in [1.82, 2.24) is 0 Å². The summed E-state index contributed by atoms with van der Waals surface area (Å²) in [7, 11) is 0. The summed E-state index contributed by atoms with van der Waals surface area (Å²) in [5.74, 6) is -1.78. The van der Waals surface area contributed by atoms with Crippen LogP contribution in [0.4, 0.5) is 0 Å². The van der Waals surface area contributed by atoms with Gasteiger partial charge < -0.3 is 14.6 Å². The quantitative estimate of drug-likeness (QED) is 0.393. The van der Waals surface area contributed by atoms with Gasteiger partial charge in [0.1, 0.15) is 23.0 Å². The molecular weight excluding hydrogens is 430 g/mol. The number of hydrogen-bond acceptors (Lipinski definition) is 5. The fraction of sp³-hybridized carbons (Fsp3) is 0.393. The summed E-state index contributed by atoms with van der Waals surface area (Å²) in [5, 5.41) is 20.5. The highest BCUT2D eigenvalue weighted by Crippen LogP contribution is 2.75. The van der Waals surface area contributed by atoms with Crippen LogP contribution in [0, 0.1) is 28.1 Å². The van der Waals surface area contributed by atoms with E-state index in [4.69, 9.17) is 9.47 Å². The van der Waals surface area contributed by atoms with Crippen molar-refractivity contribution in [1.29, 1.82) is 5.26 Å². The highest BCUT2D eigenvalue weighted by atomic mass is 16.5. The molecule has 0 bridgehead atoms. The molecule has 0 unspecified atom stereocenters. The highest BCUT2D eigenvalue weighted by molar-refractivity contribution is 5.86. The third kappa shape index (κ3) is 4.19. The number of carboxylic acid groups (broad SMARTS) is 1. The molecular formula is C28H29NO5. The fourth-order valence-corrected chi connectivity index (χ4v) is 5.52. The average molecular weight is 460 g/mol. The second-order valence-corrected chi connectivity index (χ2v) is 9.63. The Balaban J connectivity index is 1.59. The van der Waals surface area contributed by atoms with Gasteiger partial charge in [0.25, 0.3) is 0 Å². The number of nitrogens with zero attached hydrogens (tertiary/aromatic N) is 1. The Morgan fingerprint density at radius 2 is 1.76 bits per heavy atom. The zero-order valence-electron chi connectivity index (χ0n) is 19.4. The molecule has 34 heavy (non-hydrogen) atoms. The van der Waals surface area contributed by atoms with E-state index in [9.17, 15) is 20.0 Å². The van der Waals surface area contributed by atoms with Crippen molar-refractivity contribution in [2.75, 3.05) is 0 Å². The van der Waals surface area contributed by atoms with Gasteiger partial charge in [-0.1, -0.05) is 50.3 Å². The number of esters is 1. The topological polar surface area (TPSA) is 96.6 Å². The molecule has 0 amide bonds. The number of ether oxygens (including phenoxy) is 2. The van der Waals surface area contributed by atoms with Crippen molar-refractivity contribution >= 4 is 11.9 Å². The normalized spacial score (nSPS) is 24.3. The third-order valence-corrected chi connectivity index (χ3v) is 7.37. The SMILES string of the molecule is CC1(C)[C@H](/C=C\C(=O)OC2CCCC2)[C@@]1(C(=O)O)[C@@H](C#N)c1cccc(Oc2ccccc2)c1. The number of aliphatic carboxylic acids is 1. The second kappa shape index (κ2) is 9.34. The zero-order chi connectivity index (χ0) is 24.3. The zero-order valence-corrected chi connectivity index (χ0v) is 19.4. The minimum Gasteiger partial charge on any atom is -0.481 e. The predicted octanol–water partition coefficient (Wildman–Crippen LogP) is 5.86. The average Bonchev–Trinajstić information content (AvgIpc) is 3.09. The van der Waals surface area contributed by atoms with E-state index in [0.29, 0.717) is 17.1 Å². The number of carbonyl (C=O) groups excluding carboxylic acids is 1. The lowest BCUT2D eigenvalue weighted by Crippen LogP contribution is -2.28. The van der Waals surface area contributed by atoms with Gasteiger partial charge in [0, 0.05) is 12.0 Å². The van der Waals surface area contributed by atoms with Gasteiger partial charge >= 0.3 is 11.9 Å². The van der Waals surface area contributed by atoms with Crippen LogP contribution in [0.25, 0.3) is 0 Å². The van der Waals surface area contributed by atoms with Gasteiger partial charge in [-0.3, -0.25) is 4.79 Å². The first-order chi connectivity index (χ1) is 16.3. The molecule has 2 aromatic rings. The van der Waals surface area contributed by atoms with Crippen molar-refractivity contribution in [2.24, 2.45) is 16.7 Å². The molecule has 0 heterocycles. The lowest BCUT2D eigenvalue weighted by molar-refractivity contribution is -0.146. The Bertz CT molecular complexity index is 1130. The van der Waals surface area contributed by atoms with Crippen LogP contribution in [0.2, 0.25) is 0 Å². The number of carbonyl (C=O) groups is 2. The van der Waals surface area contributed by atoms with Gasteiger partial charge in [-0.05, 0) is 60.9 Å². The molecule has 0 spiro atoms. The predicted molar refractivity (Wildman–Crippen MR) is 126 cm³/mol. The number of nitriles is 1. The molecule has 2 aliphatic carbocycles. The van der Waals surface area contributed by atoms with E-state index in [1.54, 1.807) is 30.3 Å². The Labute approximate surface area is 199 Å². The summed E-state index contributed by atoms with van der Waals surface area (Å²) in [5.41, 5.74) is -1.55. The summed E-state index contributed by atoms with van der Waals surface area (Å²) >= 11 is 0. The van der Waals surface area contributed by atoms with E-state index in [2.05, 4.69) is 6.07 Å². The Morgan fingerprint density at radius 1 is 1.09 bits per heavy atom. The van der Waals surface area contributed by atoms with Crippen LogP contribution in [0.1, 0.15) is 51.0 Å². The van der Waals surface area contributed by atoms with Crippen molar-refractivity contribution in [3.8, 4) is 17.6 Å². The molecule has 4 rings (SSSR count). The van der Waals surface area contributed by atoms with Gasteiger partial charge in [0.05, 0.1) is 12.0 Å². The third-order valence-electron chi connectivity index (χ3n) is 7.37. The molecule has 3 atom stereocenters. The lowest BCUT2D eigenvalue weighted by atomic mass is 9.78. The molecule has 6 heteroatoms. The fourth-order valence-electron chi connectivity index (χ4n) is 5.52. The second-order valence-electron chi connectivity index (χ2n) is 9.63. The van der Waals surface area contributed by atoms with Crippen molar-refractivity contribution < 1.29 is 24.2 Å². The Hall–Kier alpha value is -3.59. The molecule has 2 aliphatic rings. The van der Waals surface area contributed by atoms with Gasteiger partial charge in [-0.2, -0.15) is 5.26 Å². The molecule has 6 nitrogen and oxygen atoms in total. The van der Waals surface area contributed by atoms with Gasteiger partial charge in [0.15, 0.2) is 0 Å². The first-order valence-electron chi connectivity index (χ1n) is 11.7. The first kappa shape index (κ1) is 23.6.